The van der Waals surface area contributed by atoms with Crippen LogP contribution < -0.4 is 14.2 Å². The Morgan fingerprint density at radius 1 is 0.857 bits per heavy atom. The molecule has 0 aromatic heterocycles. The number of benzene rings is 3. The quantitative estimate of drug-likeness (QED) is 0.346. The molecule has 0 aliphatic rings. The van der Waals surface area contributed by atoms with Gasteiger partial charge in [0.05, 0.1) is 25.5 Å². The Morgan fingerprint density at radius 3 is 2.18 bits per heavy atom. The molecule has 0 heterocycles. The predicted molar refractivity (Wildman–Crippen MR) is 109 cm³/mol. The zero-order valence-electron chi connectivity index (χ0n) is 16.0. The zero-order valence-corrected chi connectivity index (χ0v) is 16.0. The van der Waals surface area contributed by atoms with E-state index >= 15 is 0 Å². The summed E-state index contributed by atoms with van der Waals surface area (Å²) in [7, 11) is 3.18. The summed E-state index contributed by atoms with van der Waals surface area (Å²) in [6.45, 7) is 1.97. The number of hydrogen-bond acceptors (Lipinski definition) is 5. The highest BCUT2D eigenvalue weighted by atomic mass is 16.5. The van der Waals surface area contributed by atoms with Gasteiger partial charge >= 0.3 is 5.97 Å². The first kappa shape index (κ1) is 19.2. The molecule has 0 unspecified atom stereocenters. The maximum atomic E-state index is 12.2. The van der Waals surface area contributed by atoms with Crippen molar-refractivity contribution < 1.29 is 19.0 Å². The lowest BCUT2D eigenvalue weighted by atomic mass is 10.1. The lowest BCUT2D eigenvalue weighted by molar-refractivity contribution is 0.0735. The fraction of sp³-hybridized carbons (Fsp3) is 0.130. The molecule has 0 saturated carbocycles. The van der Waals surface area contributed by atoms with Crippen LogP contribution in [0.25, 0.3) is 0 Å². The molecule has 0 aliphatic carbocycles. The second-order valence-corrected chi connectivity index (χ2v) is 6.12. The number of carbonyl (C=O) groups excluding carboxylic acids is 1. The standard InChI is InChI=1S/C23H21NO4/c1-16-4-8-18(9-5-16)23(25)28-20-11-6-17(7-12-20)15-24-19-10-13-21(26-2)22(14-19)27-3/h4-15H,1-3H3. The first-order valence-electron chi connectivity index (χ1n) is 8.74. The van der Waals surface area contributed by atoms with Crippen LogP contribution in [-0.4, -0.2) is 26.4 Å². The second kappa shape index (κ2) is 8.86. The first-order chi connectivity index (χ1) is 13.6. The molecule has 3 aromatic carbocycles. The Morgan fingerprint density at radius 2 is 1.54 bits per heavy atom. The lowest BCUT2D eigenvalue weighted by Gasteiger charge is -2.07. The smallest absolute Gasteiger partial charge is 0.343 e. The van der Waals surface area contributed by atoms with E-state index in [1.165, 1.54) is 0 Å². The van der Waals surface area contributed by atoms with Gasteiger partial charge in [-0.05, 0) is 61.0 Å². The predicted octanol–water partition coefficient (Wildman–Crippen LogP) is 4.98. The van der Waals surface area contributed by atoms with Crippen molar-refractivity contribution in [2.45, 2.75) is 6.92 Å². The molecule has 0 fully saturated rings. The van der Waals surface area contributed by atoms with E-state index in [0.29, 0.717) is 22.8 Å². The molecule has 0 spiro atoms. The number of methoxy groups -OCH3 is 2. The molecule has 5 heteroatoms. The van der Waals surface area contributed by atoms with Gasteiger partial charge in [-0.3, -0.25) is 4.99 Å². The van der Waals surface area contributed by atoms with Gasteiger partial charge in [0.25, 0.3) is 0 Å². The van der Waals surface area contributed by atoms with Crippen molar-refractivity contribution in [1.82, 2.24) is 0 Å². The van der Waals surface area contributed by atoms with Crippen LogP contribution >= 0.6 is 0 Å². The molecule has 0 N–H and O–H groups in total. The van der Waals surface area contributed by atoms with Gasteiger partial charge in [-0.1, -0.05) is 17.7 Å². The van der Waals surface area contributed by atoms with Crippen LogP contribution in [0.4, 0.5) is 5.69 Å². The van der Waals surface area contributed by atoms with Crippen LogP contribution in [0.15, 0.2) is 71.7 Å². The third-order valence-electron chi connectivity index (χ3n) is 4.11. The number of esters is 1. The summed E-state index contributed by atoms with van der Waals surface area (Å²) in [4.78, 5) is 16.6. The van der Waals surface area contributed by atoms with E-state index in [1.54, 1.807) is 56.8 Å². The fourth-order valence-electron chi connectivity index (χ4n) is 2.53. The van der Waals surface area contributed by atoms with Crippen LogP contribution in [0.5, 0.6) is 17.2 Å². The van der Waals surface area contributed by atoms with Crippen molar-refractivity contribution in [1.29, 1.82) is 0 Å². The van der Waals surface area contributed by atoms with Gasteiger partial charge in [0.15, 0.2) is 11.5 Å². The molecule has 0 atom stereocenters. The van der Waals surface area contributed by atoms with E-state index in [0.717, 1.165) is 16.8 Å². The van der Waals surface area contributed by atoms with Gasteiger partial charge < -0.3 is 14.2 Å². The normalized spacial score (nSPS) is 10.7. The van der Waals surface area contributed by atoms with Crippen molar-refractivity contribution in [3.05, 3.63) is 83.4 Å². The van der Waals surface area contributed by atoms with Gasteiger partial charge in [-0.15, -0.1) is 0 Å². The van der Waals surface area contributed by atoms with E-state index in [4.69, 9.17) is 14.2 Å². The first-order valence-corrected chi connectivity index (χ1v) is 8.74. The van der Waals surface area contributed by atoms with Crippen LogP contribution in [0.3, 0.4) is 0 Å². The maximum absolute atomic E-state index is 12.2. The second-order valence-electron chi connectivity index (χ2n) is 6.12. The van der Waals surface area contributed by atoms with Crippen molar-refractivity contribution in [3.63, 3.8) is 0 Å². The monoisotopic (exact) mass is 375 g/mol. The highest BCUT2D eigenvalue weighted by Crippen LogP contribution is 2.31. The summed E-state index contributed by atoms with van der Waals surface area (Å²) >= 11 is 0. The molecule has 0 saturated heterocycles. The van der Waals surface area contributed by atoms with Gasteiger partial charge in [0.2, 0.25) is 0 Å². The lowest BCUT2D eigenvalue weighted by Crippen LogP contribution is -2.08. The molecule has 3 rings (SSSR count). The summed E-state index contributed by atoms with van der Waals surface area (Å²) in [5.74, 6) is 1.37. The van der Waals surface area contributed by atoms with Crippen molar-refractivity contribution in [2.75, 3.05) is 14.2 Å². The topological polar surface area (TPSA) is 57.1 Å². The highest BCUT2D eigenvalue weighted by molar-refractivity contribution is 5.91. The molecule has 0 radical (unpaired) electrons. The summed E-state index contributed by atoms with van der Waals surface area (Å²) in [5.41, 5.74) is 3.23. The largest absolute Gasteiger partial charge is 0.493 e. The summed E-state index contributed by atoms with van der Waals surface area (Å²) < 4.78 is 15.9. The Hall–Kier alpha value is -3.60. The maximum Gasteiger partial charge on any atom is 0.343 e. The minimum absolute atomic E-state index is 0.383. The van der Waals surface area contributed by atoms with Gasteiger partial charge in [-0.2, -0.15) is 0 Å². The van der Waals surface area contributed by atoms with Gasteiger partial charge in [0, 0.05) is 12.3 Å². The number of hydrogen-bond donors (Lipinski definition) is 0. The van der Waals surface area contributed by atoms with Gasteiger partial charge in [-0.25, -0.2) is 4.79 Å². The summed E-state index contributed by atoms with van der Waals surface area (Å²) in [6, 6.07) is 19.9. The van der Waals surface area contributed by atoms with Crippen LogP contribution in [0, 0.1) is 6.92 Å². The van der Waals surface area contributed by atoms with Crippen LogP contribution in [0.2, 0.25) is 0 Å². The molecule has 0 bridgehead atoms. The third-order valence-corrected chi connectivity index (χ3v) is 4.11. The van der Waals surface area contributed by atoms with Gasteiger partial charge in [0.1, 0.15) is 5.75 Å². The van der Waals surface area contributed by atoms with E-state index in [1.807, 2.05) is 37.3 Å². The summed E-state index contributed by atoms with van der Waals surface area (Å²) in [5, 5.41) is 0. The average molecular weight is 375 g/mol. The van der Waals surface area contributed by atoms with E-state index < -0.39 is 0 Å². The number of aryl methyl sites for hydroxylation is 1. The number of carbonyl (C=O) groups is 1. The highest BCUT2D eigenvalue weighted by Gasteiger charge is 2.08. The van der Waals surface area contributed by atoms with E-state index in [9.17, 15) is 4.79 Å². The van der Waals surface area contributed by atoms with Crippen molar-refractivity contribution >= 4 is 17.9 Å². The number of rotatable bonds is 6. The minimum Gasteiger partial charge on any atom is -0.493 e. The number of ether oxygens (including phenoxy) is 3. The molecular formula is C23H21NO4. The molecule has 0 amide bonds. The Labute approximate surface area is 164 Å². The van der Waals surface area contributed by atoms with Crippen molar-refractivity contribution in [3.8, 4) is 17.2 Å². The Kier molecular flexibility index (Phi) is 6.07. The SMILES string of the molecule is COc1ccc(N=Cc2ccc(OC(=O)c3ccc(C)cc3)cc2)cc1OC. The molecule has 142 valence electrons. The Balaban J connectivity index is 1.66. The van der Waals surface area contributed by atoms with Crippen molar-refractivity contribution in [2.24, 2.45) is 4.99 Å². The average Bonchev–Trinajstić information content (AvgIpc) is 2.73. The number of aliphatic imine (C=N–C) groups is 1. The molecule has 5 nitrogen and oxygen atoms in total. The van der Waals surface area contributed by atoms with Crippen LogP contribution in [0.1, 0.15) is 21.5 Å². The van der Waals surface area contributed by atoms with E-state index in [-0.39, 0.29) is 5.97 Å². The zero-order chi connectivity index (χ0) is 19.9. The molecule has 0 aliphatic heterocycles. The molecule has 28 heavy (non-hydrogen) atoms. The van der Waals surface area contributed by atoms with Crippen LogP contribution in [-0.2, 0) is 0 Å². The summed E-state index contributed by atoms with van der Waals surface area (Å²) in [6.07, 6.45) is 1.73. The molecule has 3 aromatic rings. The fourth-order valence-corrected chi connectivity index (χ4v) is 2.53. The molecular weight excluding hydrogens is 354 g/mol. The Bertz CT molecular complexity index is 976. The minimum atomic E-state index is -0.383. The van der Waals surface area contributed by atoms with E-state index in [2.05, 4.69) is 4.99 Å². The third kappa shape index (κ3) is 4.76. The number of nitrogens with zero attached hydrogens (tertiary/aromatic N) is 1.